The summed E-state index contributed by atoms with van der Waals surface area (Å²) in [5, 5.41) is 3.64. The van der Waals surface area contributed by atoms with Gasteiger partial charge in [-0.25, -0.2) is 0 Å². The summed E-state index contributed by atoms with van der Waals surface area (Å²) in [5.74, 6) is 1.90. The second kappa shape index (κ2) is 6.67. The largest absolute Gasteiger partial charge is 0.497 e. The molecule has 0 amide bonds. The number of hydrogen-bond acceptors (Lipinski definition) is 2. The van der Waals surface area contributed by atoms with Crippen LogP contribution in [0.5, 0.6) is 5.75 Å². The Balaban J connectivity index is 1.80. The highest BCUT2D eigenvalue weighted by Crippen LogP contribution is 2.29. The molecule has 0 aliphatic heterocycles. The van der Waals surface area contributed by atoms with Crippen molar-refractivity contribution < 1.29 is 4.74 Å². The van der Waals surface area contributed by atoms with Gasteiger partial charge in [-0.3, -0.25) is 0 Å². The zero-order valence-electron chi connectivity index (χ0n) is 11.6. The molecule has 1 aromatic rings. The van der Waals surface area contributed by atoms with E-state index >= 15 is 0 Å². The molecule has 0 spiro atoms. The van der Waals surface area contributed by atoms with Gasteiger partial charge in [-0.15, -0.1) is 0 Å². The van der Waals surface area contributed by atoms with Crippen LogP contribution in [-0.4, -0.2) is 13.2 Å². The first-order valence-corrected chi connectivity index (χ1v) is 7.22. The molecule has 0 aromatic heterocycles. The van der Waals surface area contributed by atoms with Crippen LogP contribution >= 0.6 is 0 Å². The van der Waals surface area contributed by atoms with Crippen molar-refractivity contribution in [1.29, 1.82) is 0 Å². The third kappa shape index (κ3) is 3.66. The van der Waals surface area contributed by atoms with E-state index in [2.05, 4.69) is 24.4 Å². The molecule has 100 valence electrons. The molecule has 2 nitrogen and oxygen atoms in total. The van der Waals surface area contributed by atoms with Crippen LogP contribution in [0.25, 0.3) is 0 Å². The van der Waals surface area contributed by atoms with Crippen LogP contribution in [0.15, 0.2) is 24.3 Å². The van der Waals surface area contributed by atoms with Crippen molar-refractivity contribution in [2.75, 3.05) is 12.4 Å². The van der Waals surface area contributed by atoms with Crippen molar-refractivity contribution in [2.24, 2.45) is 5.92 Å². The molecule has 2 rings (SSSR count). The van der Waals surface area contributed by atoms with Gasteiger partial charge in [0.25, 0.3) is 0 Å². The maximum absolute atomic E-state index is 5.17. The highest BCUT2D eigenvalue weighted by atomic mass is 16.5. The van der Waals surface area contributed by atoms with Gasteiger partial charge in [0.15, 0.2) is 0 Å². The van der Waals surface area contributed by atoms with Crippen molar-refractivity contribution in [3.63, 3.8) is 0 Å². The van der Waals surface area contributed by atoms with Gasteiger partial charge in [0, 0.05) is 11.7 Å². The summed E-state index contributed by atoms with van der Waals surface area (Å²) in [5.41, 5.74) is 1.22. The summed E-state index contributed by atoms with van der Waals surface area (Å²) in [4.78, 5) is 0. The van der Waals surface area contributed by atoms with Crippen LogP contribution in [0, 0.1) is 5.92 Å². The van der Waals surface area contributed by atoms with Gasteiger partial charge in [0.1, 0.15) is 5.75 Å². The Morgan fingerprint density at radius 1 is 1.11 bits per heavy atom. The molecular formula is C16H25NO. The fourth-order valence-corrected chi connectivity index (χ4v) is 2.93. The molecule has 0 radical (unpaired) electrons. The lowest BCUT2D eigenvalue weighted by Gasteiger charge is -2.29. The van der Waals surface area contributed by atoms with Gasteiger partial charge in [-0.1, -0.05) is 19.8 Å². The number of benzene rings is 1. The van der Waals surface area contributed by atoms with Gasteiger partial charge in [0.2, 0.25) is 0 Å². The van der Waals surface area contributed by atoms with E-state index in [4.69, 9.17) is 4.74 Å². The Morgan fingerprint density at radius 2 is 1.78 bits per heavy atom. The van der Waals surface area contributed by atoms with E-state index in [0.717, 1.165) is 11.7 Å². The fourth-order valence-electron chi connectivity index (χ4n) is 2.93. The number of hydrogen-bond donors (Lipinski definition) is 1. The van der Waals surface area contributed by atoms with Crippen LogP contribution in [0.3, 0.4) is 0 Å². The second-order valence-corrected chi connectivity index (χ2v) is 5.38. The molecule has 1 aliphatic carbocycles. The van der Waals surface area contributed by atoms with Gasteiger partial charge in [-0.05, 0) is 55.9 Å². The first kappa shape index (κ1) is 13.3. The number of anilines is 1. The summed E-state index contributed by atoms with van der Waals surface area (Å²) in [6.45, 7) is 2.29. The highest BCUT2D eigenvalue weighted by Gasteiger charge is 2.20. The third-order valence-corrected chi connectivity index (χ3v) is 4.00. The molecule has 0 saturated heterocycles. The minimum Gasteiger partial charge on any atom is -0.497 e. The standard InChI is InChI=1S/C16H25NO/c1-3-4-13-5-7-14(8-6-13)17-15-9-11-16(18-2)12-10-15/h9-14,17H,3-8H2,1-2H3. The molecule has 0 bridgehead atoms. The molecule has 1 aliphatic rings. The second-order valence-electron chi connectivity index (χ2n) is 5.38. The van der Waals surface area contributed by atoms with Crippen molar-refractivity contribution >= 4 is 5.69 Å². The predicted octanol–water partition coefficient (Wildman–Crippen LogP) is 4.47. The van der Waals surface area contributed by atoms with E-state index in [9.17, 15) is 0 Å². The first-order valence-electron chi connectivity index (χ1n) is 7.22. The number of methoxy groups -OCH3 is 1. The molecule has 2 heteroatoms. The Labute approximate surface area is 111 Å². The molecule has 1 fully saturated rings. The average molecular weight is 247 g/mol. The summed E-state index contributed by atoms with van der Waals surface area (Å²) in [7, 11) is 1.71. The van der Waals surface area contributed by atoms with Gasteiger partial charge in [0.05, 0.1) is 7.11 Å². The SMILES string of the molecule is CCCC1CCC(Nc2ccc(OC)cc2)CC1. The van der Waals surface area contributed by atoms with Crippen LogP contribution in [0.2, 0.25) is 0 Å². The van der Waals surface area contributed by atoms with E-state index in [-0.39, 0.29) is 0 Å². The molecule has 1 saturated carbocycles. The monoisotopic (exact) mass is 247 g/mol. The minimum atomic E-state index is 0.659. The van der Waals surface area contributed by atoms with Gasteiger partial charge >= 0.3 is 0 Å². The van der Waals surface area contributed by atoms with Gasteiger partial charge in [-0.2, -0.15) is 0 Å². The van der Waals surface area contributed by atoms with E-state index in [1.807, 2.05) is 12.1 Å². The van der Waals surface area contributed by atoms with Crippen molar-refractivity contribution in [3.8, 4) is 5.75 Å². The Hall–Kier alpha value is -1.18. The zero-order chi connectivity index (χ0) is 12.8. The summed E-state index contributed by atoms with van der Waals surface area (Å²) < 4.78 is 5.17. The number of rotatable bonds is 5. The van der Waals surface area contributed by atoms with Crippen molar-refractivity contribution in [1.82, 2.24) is 0 Å². The fraction of sp³-hybridized carbons (Fsp3) is 0.625. The van der Waals surface area contributed by atoms with Gasteiger partial charge < -0.3 is 10.1 Å². The van der Waals surface area contributed by atoms with E-state index in [1.165, 1.54) is 44.2 Å². The highest BCUT2D eigenvalue weighted by molar-refractivity contribution is 5.47. The van der Waals surface area contributed by atoms with Crippen LogP contribution in [0.1, 0.15) is 45.4 Å². The molecule has 0 atom stereocenters. The van der Waals surface area contributed by atoms with Crippen LogP contribution in [-0.2, 0) is 0 Å². The molecule has 0 unspecified atom stereocenters. The topological polar surface area (TPSA) is 21.3 Å². The van der Waals surface area contributed by atoms with Crippen LogP contribution < -0.4 is 10.1 Å². The molecule has 18 heavy (non-hydrogen) atoms. The molecule has 1 aromatic carbocycles. The molecule has 1 N–H and O–H groups in total. The summed E-state index contributed by atoms with van der Waals surface area (Å²) in [6, 6.07) is 8.91. The summed E-state index contributed by atoms with van der Waals surface area (Å²) in [6.07, 6.45) is 8.16. The third-order valence-electron chi connectivity index (χ3n) is 4.00. The van der Waals surface area contributed by atoms with Crippen molar-refractivity contribution in [2.45, 2.75) is 51.5 Å². The number of nitrogens with one attached hydrogen (secondary N) is 1. The summed E-state index contributed by atoms with van der Waals surface area (Å²) >= 11 is 0. The Morgan fingerprint density at radius 3 is 2.33 bits per heavy atom. The van der Waals surface area contributed by atoms with E-state index in [0.29, 0.717) is 6.04 Å². The van der Waals surface area contributed by atoms with E-state index < -0.39 is 0 Å². The molecular weight excluding hydrogens is 222 g/mol. The Bertz CT molecular complexity index is 339. The Kier molecular flexibility index (Phi) is 4.91. The maximum Gasteiger partial charge on any atom is 0.119 e. The minimum absolute atomic E-state index is 0.659. The van der Waals surface area contributed by atoms with Crippen LogP contribution in [0.4, 0.5) is 5.69 Å². The maximum atomic E-state index is 5.17. The first-order chi connectivity index (χ1) is 8.81. The van der Waals surface area contributed by atoms with Crippen molar-refractivity contribution in [3.05, 3.63) is 24.3 Å². The smallest absolute Gasteiger partial charge is 0.119 e. The lowest BCUT2D eigenvalue weighted by Crippen LogP contribution is -2.26. The lowest BCUT2D eigenvalue weighted by molar-refractivity contribution is 0.319. The quantitative estimate of drug-likeness (QED) is 0.829. The zero-order valence-corrected chi connectivity index (χ0v) is 11.6. The number of ether oxygens (including phenoxy) is 1. The normalized spacial score (nSPS) is 23.7. The molecule has 0 heterocycles. The lowest BCUT2D eigenvalue weighted by atomic mass is 9.83. The predicted molar refractivity (Wildman–Crippen MR) is 77.3 cm³/mol. The average Bonchev–Trinajstić information content (AvgIpc) is 2.42. The van der Waals surface area contributed by atoms with E-state index in [1.54, 1.807) is 7.11 Å².